The molecule has 0 heterocycles. The third-order valence-corrected chi connectivity index (χ3v) is 4.25. The van der Waals surface area contributed by atoms with Gasteiger partial charge in [0.1, 0.15) is 0 Å². The molecule has 0 saturated carbocycles. The molecule has 0 radical (unpaired) electrons. The highest BCUT2D eigenvalue weighted by Gasteiger charge is 2.22. The fourth-order valence-electron chi connectivity index (χ4n) is 1.60. The first-order chi connectivity index (χ1) is 7.73. The van der Waals surface area contributed by atoms with E-state index in [4.69, 9.17) is 0 Å². The van der Waals surface area contributed by atoms with Gasteiger partial charge in [0, 0.05) is 5.41 Å². The minimum atomic E-state index is -1.14. The maximum absolute atomic E-state index is 4.24. The van der Waals surface area contributed by atoms with Gasteiger partial charge in [0.2, 0.25) is 0 Å². The van der Waals surface area contributed by atoms with Crippen LogP contribution in [0.4, 0.5) is 0 Å². The number of benzene rings is 1. The van der Waals surface area contributed by atoms with Crippen molar-refractivity contribution >= 4 is 8.07 Å². The second-order valence-corrected chi connectivity index (χ2v) is 11.3. The molecule has 0 saturated heterocycles. The highest BCUT2D eigenvalue weighted by molar-refractivity contribution is 6.81. The zero-order chi connectivity index (χ0) is 13.1. The SMILES string of the molecule is C=C(/C=C/[Si](C)(C)C)C(C)(C)c1ccccc1. The molecule has 0 aromatic heterocycles. The van der Waals surface area contributed by atoms with Crippen molar-refractivity contribution in [3.63, 3.8) is 0 Å². The Morgan fingerprint density at radius 2 is 1.65 bits per heavy atom. The van der Waals surface area contributed by atoms with Crippen LogP contribution in [0, 0.1) is 0 Å². The van der Waals surface area contributed by atoms with Crippen molar-refractivity contribution in [3.8, 4) is 0 Å². The molecule has 0 aliphatic rings. The van der Waals surface area contributed by atoms with Gasteiger partial charge < -0.3 is 0 Å². The van der Waals surface area contributed by atoms with Crippen LogP contribution < -0.4 is 0 Å². The molecule has 0 amide bonds. The number of hydrogen-bond acceptors (Lipinski definition) is 0. The average molecular weight is 244 g/mol. The van der Waals surface area contributed by atoms with Crippen LogP contribution in [-0.2, 0) is 5.41 Å². The third-order valence-electron chi connectivity index (χ3n) is 3.08. The van der Waals surface area contributed by atoms with E-state index in [-0.39, 0.29) is 5.41 Å². The lowest BCUT2D eigenvalue weighted by molar-refractivity contribution is 0.642. The van der Waals surface area contributed by atoms with E-state index >= 15 is 0 Å². The normalized spacial score (nSPS) is 13.0. The molecule has 1 heteroatoms. The zero-order valence-electron chi connectivity index (χ0n) is 11.7. The average Bonchev–Trinajstić information content (AvgIpc) is 2.26. The summed E-state index contributed by atoms with van der Waals surface area (Å²) in [6.45, 7) is 15.7. The van der Waals surface area contributed by atoms with Crippen molar-refractivity contribution in [1.29, 1.82) is 0 Å². The van der Waals surface area contributed by atoms with Gasteiger partial charge in [-0.2, -0.15) is 0 Å². The van der Waals surface area contributed by atoms with Crippen LogP contribution in [0.15, 0.2) is 54.3 Å². The third kappa shape index (κ3) is 4.01. The number of allylic oxidation sites excluding steroid dienone is 2. The second-order valence-electron chi connectivity index (χ2n) is 6.22. The van der Waals surface area contributed by atoms with Crippen molar-refractivity contribution in [1.82, 2.24) is 0 Å². The highest BCUT2D eigenvalue weighted by atomic mass is 28.3. The van der Waals surface area contributed by atoms with Gasteiger partial charge in [-0.1, -0.05) is 82.2 Å². The summed E-state index contributed by atoms with van der Waals surface area (Å²) in [5.74, 6) is 0. The van der Waals surface area contributed by atoms with Gasteiger partial charge in [-0.3, -0.25) is 0 Å². The van der Waals surface area contributed by atoms with Gasteiger partial charge in [-0.05, 0) is 11.1 Å². The van der Waals surface area contributed by atoms with Crippen LogP contribution in [-0.4, -0.2) is 8.07 Å². The Hall–Kier alpha value is -1.08. The summed E-state index contributed by atoms with van der Waals surface area (Å²) in [7, 11) is -1.14. The number of rotatable bonds is 4. The largest absolute Gasteiger partial charge is 0.0950 e. The summed E-state index contributed by atoms with van der Waals surface area (Å²) < 4.78 is 0. The van der Waals surface area contributed by atoms with Crippen LogP contribution >= 0.6 is 0 Å². The molecule has 92 valence electrons. The Kier molecular flexibility index (Phi) is 4.15. The van der Waals surface area contributed by atoms with Gasteiger partial charge in [0.25, 0.3) is 0 Å². The van der Waals surface area contributed by atoms with E-state index in [1.165, 1.54) is 11.1 Å². The molecule has 0 unspecified atom stereocenters. The standard InChI is InChI=1S/C16H24Si/c1-14(12-13-17(4,5)6)16(2,3)15-10-8-7-9-11-15/h7-13H,1H2,2-6H3/b13-12+. The topological polar surface area (TPSA) is 0 Å². The van der Waals surface area contributed by atoms with Crippen LogP contribution in [0.25, 0.3) is 0 Å². The van der Waals surface area contributed by atoms with Crippen molar-refractivity contribution < 1.29 is 0 Å². The smallest absolute Gasteiger partial charge is 0.0687 e. The van der Waals surface area contributed by atoms with Crippen LogP contribution in [0.3, 0.4) is 0 Å². The first-order valence-electron chi connectivity index (χ1n) is 6.17. The Bertz CT molecular complexity index is 405. The van der Waals surface area contributed by atoms with E-state index < -0.39 is 8.07 Å². The lowest BCUT2D eigenvalue weighted by Crippen LogP contribution is -2.20. The van der Waals surface area contributed by atoms with Crippen LogP contribution in [0.2, 0.25) is 19.6 Å². The molecule has 1 aromatic carbocycles. The first kappa shape index (κ1) is 14.0. The van der Waals surface area contributed by atoms with E-state index in [1.807, 2.05) is 0 Å². The molecule has 0 aliphatic carbocycles. The van der Waals surface area contributed by atoms with Crippen molar-refractivity contribution in [2.75, 3.05) is 0 Å². The van der Waals surface area contributed by atoms with Crippen molar-refractivity contribution in [3.05, 3.63) is 59.8 Å². The number of hydrogen-bond donors (Lipinski definition) is 0. The van der Waals surface area contributed by atoms with Gasteiger partial charge in [0.05, 0.1) is 8.07 Å². The predicted molar refractivity (Wildman–Crippen MR) is 81.1 cm³/mol. The molecule has 0 spiro atoms. The Morgan fingerprint density at radius 3 is 2.12 bits per heavy atom. The maximum Gasteiger partial charge on any atom is 0.0687 e. The lowest BCUT2D eigenvalue weighted by Gasteiger charge is -2.26. The van der Waals surface area contributed by atoms with Crippen molar-refractivity contribution in [2.24, 2.45) is 0 Å². The predicted octanol–water partition coefficient (Wildman–Crippen LogP) is 4.95. The zero-order valence-corrected chi connectivity index (χ0v) is 12.7. The van der Waals surface area contributed by atoms with Gasteiger partial charge in [0.15, 0.2) is 0 Å². The summed E-state index contributed by atoms with van der Waals surface area (Å²) in [5, 5.41) is 0. The van der Waals surface area contributed by atoms with E-state index in [2.05, 4.69) is 82.2 Å². The molecule has 0 bridgehead atoms. The van der Waals surface area contributed by atoms with Crippen LogP contribution in [0.5, 0.6) is 0 Å². The van der Waals surface area contributed by atoms with Gasteiger partial charge >= 0.3 is 0 Å². The minimum absolute atomic E-state index is 0.0113. The second kappa shape index (κ2) is 5.05. The summed E-state index contributed by atoms with van der Waals surface area (Å²) >= 11 is 0. The summed E-state index contributed by atoms with van der Waals surface area (Å²) in [6, 6.07) is 10.6. The quantitative estimate of drug-likeness (QED) is 0.519. The van der Waals surface area contributed by atoms with E-state index in [9.17, 15) is 0 Å². The van der Waals surface area contributed by atoms with E-state index in [1.54, 1.807) is 0 Å². The summed E-state index contributed by atoms with van der Waals surface area (Å²) in [4.78, 5) is 0. The van der Waals surface area contributed by atoms with Crippen molar-refractivity contribution in [2.45, 2.75) is 38.9 Å². The first-order valence-corrected chi connectivity index (χ1v) is 9.75. The molecule has 0 N–H and O–H groups in total. The lowest BCUT2D eigenvalue weighted by atomic mass is 9.78. The van der Waals surface area contributed by atoms with E-state index in [0.29, 0.717) is 0 Å². The Labute approximate surface area is 107 Å². The summed E-state index contributed by atoms with van der Waals surface area (Å²) in [6.07, 6.45) is 2.22. The van der Waals surface area contributed by atoms with Gasteiger partial charge in [-0.25, -0.2) is 0 Å². The molecular weight excluding hydrogens is 220 g/mol. The summed E-state index contributed by atoms with van der Waals surface area (Å²) in [5.41, 5.74) is 4.88. The highest BCUT2D eigenvalue weighted by Crippen LogP contribution is 2.31. The monoisotopic (exact) mass is 244 g/mol. The fourth-order valence-corrected chi connectivity index (χ4v) is 2.30. The molecule has 0 atom stereocenters. The van der Waals surface area contributed by atoms with Crippen LogP contribution in [0.1, 0.15) is 19.4 Å². The molecule has 0 aliphatic heterocycles. The Balaban J connectivity index is 2.92. The Morgan fingerprint density at radius 1 is 1.12 bits per heavy atom. The molecule has 0 nitrogen and oxygen atoms in total. The maximum atomic E-state index is 4.24. The van der Waals surface area contributed by atoms with Gasteiger partial charge in [-0.15, -0.1) is 0 Å². The minimum Gasteiger partial charge on any atom is -0.0950 e. The van der Waals surface area contributed by atoms with E-state index in [0.717, 1.165) is 0 Å². The molecule has 17 heavy (non-hydrogen) atoms. The molecule has 0 fully saturated rings. The molecule has 1 aromatic rings. The molecular formula is C16H24Si. The fraction of sp³-hybridized carbons (Fsp3) is 0.375. The molecule has 1 rings (SSSR count).